The molecule has 1 heterocycles. The predicted octanol–water partition coefficient (Wildman–Crippen LogP) is 3.59. The van der Waals surface area contributed by atoms with Gasteiger partial charge in [0.25, 0.3) is 6.43 Å². The van der Waals surface area contributed by atoms with E-state index in [0.29, 0.717) is 0 Å². The quantitative estimate of drug-likeness (QED) is 0.597. The van der Waals surface area contributed by atoms with Crippen molar-refractivity contribution in [3.8, 4) is 11.9 Å². The van der Waals surface area contributed by atoms with E-state index in [-0.39, 0.29) is 15.7 Å². The van der Waals surface area contributed by atoms with E-state index in [1.165, 1.54) is 0 Å². The Morgan fingerprint density at radius 2 is 2.06 bits per heavy atom. The second-order valence-electron chi connectivity index (χ2n) is 2.99. The highest BCUT2D eigenvalue weighted by Crippen LogP contribution is 2.33. The maximum Gasteiger partial charge on any atom is 0.574 e. The van der Waals surface area contributed by atoms with Crippen molar-refractivity contribution in [2.75, 3.05) is 0 Å². The van der Waals surface area contributed by atoms with Gasteiger partial charge in [0.05, 0.1) is 23.7 Å². The van der Waals surface area contributed by atoms with Gasteiger partial charge in [-0.25, -0.2) is 13.8 Å². The standard InChI is InChI=1S/C9H4F5IN2O/c10-7(11)4-3-5(15)6(1-2-16)17-8(4)18-9(12,13)14/h3,7H,1H2. The zero-order valence-electron chi connectivity index (χ0n) is 8.43. The third-order valence-electron chi connectivity index (χ3n) is 1.74. The lowest BCUT2D eigenvalue weighted by Gasteiger charge is -2.13. The van der Waals surface area contributed by atoms with Crippen molar-refractivity contribution in [1.29, 1.82) is 5.26 Å². The summed E-state index contributed by atoms with van der Waals surface area (Å²) in [7, 11) is 0. The normalized spacial score (nSPS) is 11.4. The Kier molecular flexibility index (Phi) is 4.66. The first-order valence-corrected chi connectivity index (χ1v) is 5.42. The minimum Gasteiger partial charge on any atom is -0.387 e. The van der Waals surface area contributed by atoms with Gasteiger partial charge in [0.1, 0.15) is 0 Å². The van der Waals surface area contributed by atoms with E-state index in [1.807, 2.05) is 0 Å². The van der Waals surface area contributed by atoms with Crippen molar-refractivity contribution in [3.63, 3.8) is 0 Å². The average Bonchev–Trinajstić information content (AvgIpc) is 2.20. The Labute approximate surface area is 112 Å². The van der Waals surface area contributed by atoms with Gasteiger partial charge in [0.2, 0.25) is 5.88 Å². The first-order chi connectivity index (χ1) is 8.24. The lowest BCUT2D eigenvalue weighted by molar-refractivity contribution is -0.276. The van der Waals surface area contributed by atoms with Crippen molar-refractivity contribution in [1.82, 2.24) is 4.98 Å². The van der Waals surface area contributed by atoms with Gasteiger partial charge in [-0.2, -0.15) is 5.26 Å². The number of nitriles is 1. The van der Waals surface area contributed by atoms with Gasteiger partial charge >= 0.3 is 6.36 Å². The molecule has 0 fully saturated rings. The van der Waals surface area contributed by atoms with Gasteiger partial charge in [0, 0.05) is 3.57 Å². The highest BCUT2D eigenvalue weighted by atomic mass is 127. The van der Waals surface area contributed by atoms with Gasteiger partial charge in [-0.05, 0) is 28.7 Å². The van der Waals surface area contributed by atoms with Gasteiger partial charge < -0.3 is 4.74 Å². The van der Waals surface area contributed by atoms with E-state index in [2.05, 4.69) is 9.72 Å². The van der Waals surface area contributed by atoms with Crippen LogP contribution in [0.4, 0.5) is 22.0 Å². The number of ether oxygens (including phenoxy) is 1. The van der Waals surface area contributed by atoms with Crippen LogP contribution in [0.2, 0.25) is 0 Å². The molecule has 0 radical (unpaired) electrons. The molecule has 18 heavy (non-hydrogen) atoms. The first kappa shape index (κ1) is 14.9. The lowest BCUT2D eigenvalue weighted by atomic mass is 10.2. The number of halogens is 6. The maximum atomic E-state index is 12.5. The van der Waals surface area contributed by atoms with Gasteiger partial charge in [0.15, 0.2) is 0 Å². The molecule has 1 aromatic heterocycles. The molecule has 0 atom stereocenters. The summed E-state index contributed by atoms with van der Waals surface area (Å²) in [6, 6.07) is 2.50. The molecule has 0 aliphatic heterocycles. The highest BCUT2D eigenvalue weighted by Gasteiger charge is 2.34. The van der Waals surface area contributed by atoms with Crippen molar-refractivity contribution < 1.29 is 26.7 Å². The van der Waals surface area contributed by atoms with E-state index in [0.717, 1.165) is 6.07 Å². The molecule has 1 aromatic rings. The molecular weight excluding hydrogens is 374 g/mol. The van der Waals surface area contributed by atoms with E-state index >= 15 is 0 Å². The number of nitrogens with zero attached hydrogens (tertiary/aromatic N) is 2. The number of rotatable bonds is 3. The predicted molar refractivity (Wildman–Crippen MR) is 57.9 cm³/mol. The molecule has 0 N–H and O–H groups in total. The Morgan fingerprint density at radius 3 is 2.50 bits per heavy atom. The second-order valence-corrected chi connectivity index (χ2v) is 4.16. The van der Waals surface area contributed by atoms with Gasteiger partial charge in [-0.3, -0.25) is 0 Å². The summed E-state index contributed by atoms with van der Waals surface area (Å²) in [5.41, 5.74) is -1.000. The topological polar surface area (TPSA) is 45.9 Å². The van der Waals surface area contributed by atoms with Crippen molar-refractivity contribution in [3.05, 3.63) is 20.9 Å². The summed E-state index contributed by atoms with van der Waals surface area (Å²) in [6.45, 7) is 0. The van der Waals surface area contributed by atoms with Crippen LogP contribution in [-0.2, 0) is 6.42 Å². The molecule has 98 valence electrons. The van der Waals surface area contributed by atoms with Crippen LogP contribution in [0.5, 0.6) is 5.88 Å². The molecule has 0 amide bonds. The Bertz CT molecular complexity index is 483. The minimum atomic E-state index is -5.12. The average molecular weight is 378 g/mol. The zero-order chi connectivity index (χ0) is 13.9. The molecule has 0 aliphatic carbocycles. The molecular formula is C9H4F5IN2O. The second kappa shape index (κ2) is 5.64. The number of aromatic nitrogens is 1. The summed E-state index contributed by atoms with van der Waals surface area (Å²) in [4.78, 5) is 3.32. The number of alkyl halides is 5. The van der Waals surface area contributed by atoms with Gasteiger partial charge in [-0.15, -0.1) is 13.2 Å². The van der Waals surface area contributed by atoms with Crippen LogP contribution in [0, 0.1) is 14.9 Å². The van der Waals surface area contributed by atoms with E-state index in [1.54, 1.807) is 28.7 Å². The summed E-state index contributed by atoms with van der Waals surface area (Å²) in [5, 5.41) is 8.44. The zero-order valence-corrected chi connectivity index (χ0v) is 10.6. The third kappa shape index (κ3) is 3.94. The van der Waals surface area contributed by atoms with Crippen LogP contribution >= 0.6 is 22.6 Å². The van der Waals surface area contributed by atoms with Crippen molar-refractivity contribution in [2.24, 2.45) is 0 Å². The Morgan fingerprint density at radius 1 is 1.44 bits per heavy atom. The van der Waals surface area contributed by atoms with E-state index in [9.17, 15) is 22.0 Å². The molecule has 0 unspecified atom stereocenters. The summed E-state index contributed by atoms with van der Waals surface area (Å²) in [5.74, 6) is -1.22. The molecule has 3 nitrogen and oxygen atoms in total. The molecule has 0 aromatic carbocycles. The van der Waals surface area contributed by atoms with Crippen LogP contribution in [0.15, 0.2) is 6.07 Å². The van der Waals surface area contributed by atoms with Crippen LogP contribution in [-0.4, -0.2) is 11.3 Å². The Balaban J connectivity index is 3.27. The fourth-order valence-corrected chi connectivity index (χ4v) is 1.72. The van der Waals surface area contributed by atoms with Gasteiger partial charge in [-0.1, -0.05) is 0 Å². The summed E-state index contributed by atoms with van der Waals surface area (Å²) >= 11 is 1.61. The third-order valence-corrected chi connectivity index (χ3v) is 2.67. The molecule has 1 rings (SSSR count). The largest absolute Gasteiger partial charge is 0.574 e. The van der Waals surface area contributed by atoms with Crippen LogP contribution in [0.3, 0.4) is 0 Å². The molecule has 9 heteroatoms. The van der Waals surface area contributed by atoms with E-state index in [4.69, 9.17) is 5.26 Å². The first-order valence-electron chi connectivity index (χ1n) is 4.34. The van der Waals surface area contributed by atoms with Crippen molar-refractivity contribution in [2.45, 2.75) is 19.2 Å². The fraction of sp³-hybridized carbons (Fsp3) is 0.333. The molecule has 0 saturated carbocycles. The SMILES string of the molecule is N#CCc1nc(OC(F)(F)F)c(C(F)F)cc1I. The highest BCUT2D eigenvalue weighted by molar-refractivity contribution is 14.1. The number of hydrogen-bond acceptors (Lipinski definition) is 3. The summed E-state index contributed by atoms with van der Waals surface area (Å²) in [6.07, 6.45) is -8.57. The van der Waals surface area contributed by atoms with Crippen LogP contribution in [0.1, 0.15) is 17.7 Å². The minimum absolute atomic E-state index is 0.0400. The number of hydrogen-bond donors (Lipinski definition) is 0. The fourth-order valence-electron chi connectivity index (χ4n) is 1.07. The molecule has 0 saturated heterocycles. The van der Waals surface area contributed by atoms with Crippen LogP contribution < -0.4 is 4.74 Å². The van der Waals surface area contributed by atoms with Crippen molar-refractivity contribution >= 4 is 22.6 Å². The monoisotopic (exact) mass is 378 g/mol. The van der Waals surface area contributed by atoms with Crippen LogP contribution in [0.25, 0.3) is 0 Å². The lowest BCUT2D eigenvalue weighted by Crippen LogP contribution is -2.20. The summed E-state index contributed by atoms with van der Waals surface area (Å²) < 4.78 is 64.8. The number of pyridine rings is 1. The Hall–Kier alpha value is -1.18. The van der Waals surface area contributed by atoms with E-state index < -0.39 is 24.2 Å². The maximum absolute atomic E-state index is 12.5. The molecule has 0 aliphatic rings. The smallest absolute Gasteiger partial charge is 0.387 e. The molecule has 0 bridgehead atoms. The molecule has 0 spiro atoms.